The van der Waals surface area contributed by atoms with Gasteiger partial charge in [0.25, 0.3) is 0 Å². The van der Waals surface area contributed by atoms with Crippen molar-refractivity contribution in [1.29, 1.82) is 0 Å². The number of hydrogen-bond acceptors (Lipinski definition) is 4. The van der Waals surface area contributed by atoms with E-state index in [0.717, 1.165) is 10.5 Å². The molecule has 0 aliphatic heterocycles. The molecular formula is C13H16O4S. The minimum absolute atomic E-state index is 0.118. The van der Waals surface area contributed by atoms with Crippen LogP contribution in [0.2, 0.25) is 0 Å². The second-order valence-electron chi connectivity index (χ2n) is 3.60. The lowest BCUT2D eigenvalue weighted by molar-refractivity contribution is -0.132. The lowest BCUT2D eigenvalue weighted by Gasteiger charge is -2.13. The summed E-state index contributed by atoms with van der Waals surface area (Å²) >= 11 is 1.54. The van der Waals surface area contributed by atoms with Crippen molar-refractivity contribution in [2.45, 2.75) is 11.3 Å². The molecule has 0 fully saturated rings. The van der Waals surface area contributed by atoms with Crippen LogP contribution in [0.15, 0.2) is 29.2 Å². The first-order valence-electron chi connectivity index (χ1n) is 5.23. The number of benzene rings is 1. The van der Waals surface area contributed by atoms with E-state index in [0.29, 0.717) is 11.5 Å². The van der Waals surface area contributed by atoms with E-state index in [1.807, 2.05) is 12.3 Å². The third kappa shape index (κ3) is 3.20. The summed E-state index contributed by atoms with van der Waals surface area (Å²) in [5, 5.41) is 8.86. The van der Waals surface area contributed by atoms with E-state index in [9.17, 15) is 4.79 Å². The highest BCUT2D eigenvalue weighted by Gasteiger charge is 2.14. The topological polar surface area (TPSA) is 55.8 Å². The van der Waals surface area contributed by atoms with Crippen molar-refractivity contribution < 1.29 is 19.4 Å². The molecule has 0 atom stereocenters. The Balaban J connectivity index is 3.17. The van der Waals surface area contributed by atoms with Crippen LogP contribution in [0.4, 0.5) is 0 Å². The molecule has 4 nitrogen and oxygen atoms in total. The number of carboxylic acid groups (broad SMARTS) is 1. The molecule has 0 bridgehead atoms. The normalized spacial score (nSPS) is 9.94. The molecule has 0 amide bonds. The number of thioether (sulfide) groups is 1. The maximum absolute atomic E-state index is 10.8. The summed E-state index contributed by atoms with van der Waals surface area (Å²) in [5.41, 5.74) is 0.867. The summed E-state index contributed by atoms with van der Waals surface area (Å²) < 4.78 is 10.5. The Morgan fingerprint density at radius 3 is 2.39 bits per heavy atom. The van der Waals surface area contributed by atoms with E-state index < -0.39 is 5.97 Å². The summed E-state index contributed by atoms with van der Waals surface area (Å²) in [6, 6.07) is 3.63. The van der Waals surface area contributed by atoms with Gasteiger partial charge in [-0.1, -0.05) is 6.58 Å². The van der Waals surface area contributed by atoms with Gasteiger partial charge >= 0.3 is 5.97 Å². The van der Waals surface area contributed by atoms with E-state index in [2.05, 4.69) is 6.58 Å². The van der Waals surface area contributed by atoms with Gasteiger partial charge in [0.2, 0.25) is 0 Å². The number of rotatable bonds is 6. The maximum Gasteiger partial charge on any atom is 0.331 e. The van der Waals surface area contributed by atoms with Gasteiger partial charge in [0, 0.05) is 17.6 Å². The zero-order valence-electron chi connectivity index (χ0n) is 10.6. The zero-order valence-corrected chi connectivity index (χ0v) is 11.5. The van der Waals surface area contributed by atoms with Crippen LogP contribution < -0.4 is 9.47 Å². The fourth-order valence-electron chi connectivity index (χ4n) is 1.54. The van der Waals surface area contributed by atoms with Gasteiger partial charge in [-0.25, -0.2) is 4.79 Å². The number of hydrogen-bond donors (Lipinski definition) is 1. The average molecular weight is 268 g/mol. The predicted octanol–water partition coefficient (Wildman–Crippen LogP) is 2.61. The number of carboxylic acids is 1. The minimum atomic E-state index is -1.01. The molecule has 1 aromatic rings. The van der Waals surface area contributed by atoms with Gasteiger partial charge in [0.05, 0.1) is 19.1 Å². The molecule has 18 heavy (non-hydrogen) atoms. The second kappa shape index (κ2) is 6.35. The van der Waals surface area contributed by atoms with Crippen LogP contribution in [0.3, 0.4) is 0 Å². The largest absolute Gasteiger partial charge is 0.496 e. The molecule has 1 N–H and O–H groups in total. The van der Waals surface area contributed by atoms with E-state index in [4.69, 9.17) is 14.6 Å². The first-order chi connectivity index (χ1) is 8.53. The molecule has 0 unspecified atom stereocenters. The van der Waals surface area contributed by atoms with Crippen LogP contribution in [0.25, 0.3) is 0 Å². The first kappa shape index (κ1) is 14.4. The summed E-state index contributed by atoms with van der Waals surface area (Å²) in [6.45, 7) is 3.52. The Morgan fingerprint density at radius 2 is 1.94 bits per heavy atom. The zero-order chi connectivity index (χ0) is 13.7. The molecule has 0 aliphatic rings. The quantitative estimate of drug-likeness (QED) is 0.635. The highest BCUT2D eigenvalue weighted by molar-refractivity contribution is 7.98. The van der Waals surface area contributed by atoms with Gasteiger partial charge in [0.15, 0.2) is 0 Å². The molecule has 0 saturated heterocycles. The highest BCUT2D eigenvalue weighted by atomic mass is 32.2. The monoisotopic (exact) mass is 268 g/mol. The van der Waals surface area contributed by atoms with Crippen LogP contribution in [-0.4, -0.2) is 31.6 Å². The molecule has 0 saturated carbocycles. The standard InChI is InChI=1S/C13H16O4S/c1-8(13(14)15)5-9-6-11(17-3)12(18-4)7-10(9)16-2/h6-7H,1,5H2,2-4H3,(H,14,15). The minimum Gasteiger partial charge on any atom is -0.496 e. The highest BCUT2D eigenvalue weighted by Crippen LogP contribution is 2.35. The Labute approximate surface area is 111 Å². The summed E-state index contributed by atoms with van der Waals surface area (Å²) in [7, 11) is 3.14. The molecule has 1 rings (SSSR count). The fraction of sp³-hybridized carbons (Fsp3) is 0.308. The number of aliphatic carboxylic acids is 1. The van der Waals surface area contributed by atoms with Crippen molar-refractivity contribution >= 4 is 17.7 Å². The van der Waals surface area contributed by atoms with Crippen LogP contribution in [0, 0.1) is 0 Å². The molecule has 1 aromatic carbocycles. The van der Waals surface area contributed by atoms with Crippen LogP contribution in [0.1, 0.15) is 5.56 Å². The maximum atomic E-state index is 10.8. The number of carbonyl (C=O) groups is 1. The van der Waals surface area contributed by atoms with Crippen molar-refractivity contribution in [3.05, 3.63) is 29.8 Å². The SMILES string of the molecule is C=C(Cc1cc(OC)c(SC)cc1OC)C(=O)O. The molecule has 0 spiro atoms. The smallest absolute Gasteiger partial charge is 0.331 e. The van der Waals surface area contributed by atoms with Gasteiger partial charge in [0.1, 0.15) is 11.5 Å². The predicted molar refractivity (Wildman–Crippen MR) is 71.8 cm³/mol. The third-order valence-corrected chi connectivity index (χ3v) is 3.25. The van der Waals surface area contributed by atoms with Gasteiger partial charge in [-0.15, -0.1) is 11.8 Å². The third-order valence-electron chi connectivity index (χ3n) is 2.49. The number of methoxy groups -OCH3 is 2. The summed E-state index contributed by atoms with van der Waals surface area (Å²) in [5.74, 6) is 0.337. The van der Waals surface area contributed by atoms with Crippen molar-refractivity contribution in [3.8, 4) is 11.5 Å². The van der Waals surface area contributed by atoms with E-state index in [-0.39, 0.29) is 12.0 Å². The molecule has 0 heterocycles. The second-order valence-corrected chi connectivity index (χ2v) is 4.45. The van der Waals surface area contributed by atoms with E-state index in [1.54, 1.807) is 20.3 Å². The lowest BCUT2D eigenvalue weighted by atomic mass is 10.1. The van der Waals surface area contributed by atoms with Crippen molar-refractivity contribution in [1.82, 2.24) is 0 Å². The Bertz CT molecular complexity index is 468. The van der Waals surface area contributed by atoms with Crippen molar-refractivity contribution in [2.75, 3.05) is 20.5 Å². The van der Waals surface area contributed by atoms with Crippen LogP contribution in [-0.2, 0) is 11.2 Å². The molecular weight excluding hydrogens is 252 g/mol. The lowest BCUT2D eigenvalue weighted by Crippen LogP contribution is -2.04. The van der Waals surface area contributed by atoms with Crippen LogP contribution in [0.5, 0.6) is 11.5 Å². The van der Waals surface area contributed by atoms with Crippen molar-refractivity contribution in [3.63, 3.8) is 0 Å². The Hall–Kier alpha value is -1.62. The molecule has 0 radical (unpaired) electrons. The van der Waals surface area contributed by atoms with Crippen LogP contribution >= 0.6 is 11.8 Å². The molecule has 0 aliphatic carbocycles. The number of ether oxygens (including phenoxy) is 2. The molecule has 0 aromatic heterocycles. The first-order valence-corrected chi connectivity index (χ1v) is 6.45. The fourth-order valence-corrected chi connectivity index (χ4v) is 2.10. The molecule has 98 valence electrons. The van der Waals surface area contributed by atoms with E-state index in [1.165, 1.54) is 11.8 Å². The van der Waals surface area contributed by atoms with Gasteiger partial charge < -0.3 is 14.6 Å². The molecule has 5 heteroatoms. The summed E-state index contributed by atoms with van der Waals surface area (Å²) in [6.07, 6.45) is 2.16. The van der Waals surface area contributed by atoms with Gasteiger partial charge in [-0.3, -0.25) is 0 Å². The van der Waals surface area contributed by atoms with Crippen molar-refractivity contribution in [2.24, 2.45) is 0 Å². The Morgan fingerprint density at radius 1 is 1.33 bits per heavy atom. The van der Waals surface area contributed by atoms with E-state index >= 15 is 0 Å². The van der Waals surface area contributed by atoms with Gasteiger partial charge in [-0.2, -0.15) is 0 Å². The van der Waals surface area contributed by atoms with Gasteiger partial charge in [-0.05, 0) is 18.4 Å². The average Bonchev–Trinajstić information content (AvgIpc) is 2.37. The summed E-state index contributed by atoms with van der Waals surface area (Å²) in [4.78, 5) is 11.7. The Kier molecular flexibility index (Phi) is 5.09.